The van der Waals surface area contributed by atoms with Gasteiger partial charge in [0, 0.05) is 19.1 Å². The number of fused-ring (bicyclic) bond motifs is 1. The molecule has 1 aromatic rings. The van der Waals surface area contributed by atoms with Gasteiger partial charge in [0.2, 0.25) is 0 Å². The first-order valence-electron chi connectivity index (χ1n) is 6.35. The molecule has 98 valence electrons. The minimum atomic E-state index is -0.470. The highest BCUT2D eigenvalue weighted by molar-refractivity contribution is 5.71. The van der Waals surface area contributed by atoms with Gasteiger partial charge in [-0.15, -0.1) is 0 Å². The van der Waals surface area contributed by atoms with Gasteiger partial charge in [0.1, 0.15) is 0 Å². The molecule has 1 aliphatic carbocycles. The zero-order valence-corrected chi connectivity index (χ0v) is 11.0. The lowest BCUT2D eigenvalue weighted by molar-refractivity contribution is 0.246. The van der Waals surface area contributed by atoms with Gasteiger partial charge in [0.15, 0.2) is 0 Å². The number of nitrogens with one attached hydrogen (secondary N) is 2. The Labute approximate surface area is 108 Å². The van der Waals surface area contributed by atoms with Crippen molar-refractivity contribution in [3.8, 4) is 0 Å². The highest BCUT2D eigenvalue weighted by Gasteiger charge is 2.37. The summed E-state index contributed by atoms with van der Waals surface area (Å²) in [4.78, 5) is 10.6. The Kier molecular flexibility index (Phi) is 3.57. The van der Waals surface area contributed by atoms with Crippen molar-refractivity contribution in [2.24, 2.45) is 11.1 Å². The monoisotopic (exact) mass is 247 g/mol. The maximum Gasteiger partial charge on any atom is 0.312 e. The second-order valence-electron chi connectivity index (χ2n) is 5.54. The van der Waals surface area contributed by atoms with Crippen LogP contribution >= 0.6 is 0 Å². The molecule has 0 aromatic heterocycles. The Balaban J connectivity index is 2.00. The number of amides is 2. The van der Waals surface area contributed by atoms with Crippen LogP contribution in [0.25, 0.3) is 0 Å². The van der Waals surface area contributed by atoms with Crippen LogP contribution in [-0.2, 0) is 6.42 Å². The smallest absolute Gasteiger partial charge is 0.312 e. The topological polar surface area (TPSA) is 67.2 Å². The third-order valence-corrected chi connectivity index (χ3v) is 3.57. The number of primary amides is 1. The molecule has 0 heterocycles. The Morgan fingerprint density at radius 1 is 1.39 bits per heavy atom. The van der Waals surface area contributed by atoms with Crippen LogP contribution in [0, 0.1) is 5.41 Å². The largest absolute Gasteiger partial charge is 0.352 e. The standard InChI is InChI=1S/C14H21N3O/c1-14(2)9-10-5-3-4-6-11(10)12(14)16-7-8-17-13(15)18/h3-6,12,16H,7-9H2,1-2H3,(H3,15,17,18). The molecule has 4 N–H and O–H groups in total. The number of rotatable bonds is 4. The normalized spacial score (nSPS) is 20.4. The lowest BCUT2D eigenvalue weighted by atomic mass is 9.85. The van der Waals surface area contributed by atoms with Crippen molar-refractivity contribution in [1.29, 1.82) is 0 Å². The fourth-order valence-corrected chi connectivity index (χ4v) is 2.78. The molecular weight excluding hydrogens is 226 g/mol. The average molecular weight is 247 g/mol. The lowest BCUT2D eigenvalue weighted by Crippen LogP contribution is -2.39. The van der Waals surface area contributed by atoms with E-state index in [0.29, 0.717) is 12.6 Å². The van der Waals surface area contributed by atoms with E-state index in [1.807, 2.05) is 0 Å². The van der Waals surface area contributed by atoms with Gasteiger partial charge < -0.3 is 16.4 Å². The molecule has 4 nitrogen and oxygen atoms in total. The first-order valence-corrected chi connectivity index (χ1v) is 6.35. The van der Waals surface area contributed by atoms with Gasteiger partial charge in [-0.3, -0.25) is 0 Å². The maximum atomic E-state index is 10.6. The van der Waals surface area contributed by atoms with Crippen molar-refractivity contribution in [2.45, 2.75) is 26.3 Å². The third kappa shape index (κ3) is 2.64. The molecule has 18 heavy (non-hydrogen) atoms. The van der Waals surface area contributed by atoms with E-state index in [0.717, 1.165) is 13.0 Å². The van der Waals surface area contributed by atoms with Crippen LogP contribution in [0.2, 0.25) is 0 Å². The fourth-order valence-electron chi connectivity index (χ4n) is 2.78. The van der Waals surface area contributed by atoms with Crippen molar-refractivity contribution in [3.63, 3.8) is 0 Å². The molecule has 2 rings (SSSR count). The van der Waals surface area contributed by atoms with Gasteiger partial charge in [-0.05, 0) is 23.0 Å². The summed E-state index contributed by atoms with van der Waals surface area (Å²) in [5, 5.41) is 6.11. The molecule has 0 saturated carbocycles. The minimum Gasteiger partial charge on any atom is -0.352 e. The van der Waals surface area contributed by atoms with Gasteiger partial charge in [-0.2, -0.15) is 0 Å². The highest BCUT2D eigenvalue weighted by Crippen LogP contribution is 2.44. The Morgan fingerprint density at radius 3 is 2.83 bits per heavy atom. The minimum absolute atomic E-state index is 0.205. The number of hydrogen-bond acceptors (Lipinski definition) is 2. The number of hydrogen-bond donors (Lipinski definition) is 3. The van der Waals surface area contributed by atoms with E-state index in [1.165, 1.54) is 11.1 Å². The maximum absolute atomic E-state index is 10.6. The number of carbonyl (C=O) groups is 1. The Hall–Kier alpha value is -1.55. The Morgan fingerprint density at radius 2 is 2.11 bits per heavy atom. The van der Waals surface area contributed by atoms with E-state index in [4.69, 9.17) is 5.73 Å². The van der Waals surface area contributed by atoms with Crippen molar-refractivity contribution < 1.29 is 4.79 Å². The predicted octanol–water partition coefficient (Wildman–Crippen LogP) is 1.57. The zero-order chi connectivity index (χ0) is 13.2. The summed E-state index contributed by atoms with van der Waals surface area (Å²) in [6.07, 6.45) is 1.09. The molecule has 0 saturated heterocycles. The quantitative estimate of drug-likeness (QED) is 0.707. The molecule has 0 radical (unpaired) electrons. The lowest BCUT2D eigenvalue weighted by Gasteiger charge is -2.28. The van der Waals surface area contributed by atoms with Crippen LogP contribution in [0.1, 0.15) is 31.0 Å². The van der Waals surface area contributed by atoms with Gasteiger partial charge in [0.05, 0.1) is 0 Å². The summed E-state index contributed by atoms with van der Waals surface area (Å²) in [5.74, 6) is 0. The summed E-state index contributed by atoms with van der Waals surface area (Å²) in [6, 6.07) is 8.41. The summed E-state index contributed by atoms with van der Waals surface area (Å²) < 4.78 is 0. The van der Waals surface area contributed by atoms with E-state index in [1.54, 1.807) is 0 Å². The average Bonchev–Trinajstić information content (AvgIpc) is 2.54. The first kappa shape index (κ1) is 12.9. The summed E-state index contributed by atoms with van der Waals surface area (Å²) in [6.45, 7) is 5.83. The van der Waals surface area contributed by atoms with Gasteiger partial charge in [0.25, 0.3) is 0 Å². The van der Waals surface area contributed by atoms with Gasteiger partial charge in [-0.25, -0.2) is 4.79 Å². The molecule has 1 aromatic carbocycles. The molecule has 1 atom stereocenters. The summed E-state index contributed by atoms with van der Waals surface area (Å²) in [5.41, 5.74) is 8.04. The zero-order valence-electron chi connectivity index (χ0n) is 11.0. The first-order chi connectivity index (χ1) is 8.50. The fraction of sp³-hybridized carbons (Fsp3) is 0.500. The summed E-state index contributed by atoms with van der Waals surface area (Å²) >= 11 is 0. The van der Waals surface area contributed by atoms with Crippen LogP contribution < -0.4 is 16.4 Å². The number of urea groups is 1. The second kappa shape index (κ2) is 4.98. The molecule has 2 amide bonds. The van der Waals surface area contributed by atoms with Crippen LogP contribution in [0.3, 0.4) is 0 Å². The molecule has 1 unspecified atom stereocenters. The number of carbonyl (C=O) groups excluding carboxylic acids is 1. The van der Waals surface area contributed by atoms with Crippen molar-refractivity contribution in [1.82, 2.24) is 10.6 Å². The highest BCUT2D eigenvalue weighted by atomic mass is 16.2. The molecule has 1 aliphatic rings. The van der Waals surface area contributed by atoms with Gasteiger partial charge in [-0.1, -0.05) is 38.1 Å². The van der Waals surface area contributed by atoms with E-state index in [9.17, 15) is 4.79 Å². The SMILES string of the molecule is CC1(C)Cc2ccccc2C1NCCNC(N)=O. The second-order valence-corrected chi connectivity index (χ2v) is 5.54. The van der Waals surface area contributed by atoms with Crippen LogP contribution in [0.4, 0.5) is 4.79 Å². The van der Waals surface area contributed by atoms with Crippen molar-refractivity contribution in [2.75, 3.05) is 13.1 Å². The molecule has 0 bridgehead atoms. The van der Waals surface area contributed by atoms with E-state index >= 15 is 0 Å². The third-order valence-electron chi connectivity index (χ3n) is 3.57. The molecular formula is C14H21N3O. The van der Waals surface area contributed by atoms with Crippen LogP contribution in [0.5, 0.6) is 0 Å². The van der Waals surface area contributed by atoms with Crippen LogP contribution in [0.15, 0.2) is 24.3 Å². The van der Waals surface area contributed by atoms with Gasteiger partial charge >= 0.3 is 6.03 Å². The molecule has 0 aliphatic heterocycles. The Bertz CT molecular complexity index is 442. The van der Waals surface area contributed by atoms with E-state index in [2.05, 4.69) is 48.7 Å². The van der Waals surface area contributed by atoms with Crippen LogP contribution in [-0.4, -0.2) is 19.1 Å². The number of benzene rings is 1. The summed E-state index contributed by atoms with van der Waals surface area (Å²) in [7, 11) is 0. The van der Waals surface area contributed by atoms with E-state index < -0.39 is 6.03 Å². The molecule has 4 heteroatoms. The molecule has 0 spiro atoms. The number of nitrogens with two attached hydrogens (primary N) is 1. The van der Waals surface area contributed by atoms with Crippen molar-refractivity contribution >= 4 is 6.03 Å². The van der Waals surface area contributed by atoms with Crippen molar-refractivity contribution in [3.05, 3.63) is 35.4 Å². The van der Waals surface area contributed by atoms with E-state index in [-0.39, 0.29) is 5.41 Å². The molecule has 0 fully saturated rings. The predicted molar refractivity (Wildman–Crippen MR) is 72.3 cm³/mol.